The Morgan fingerprint density at radius 1 is 0.871 bits per heavy atom. The minimum atomic E-state index is -0.432. The molecule has 156 valence electrons. The largest absolute Gasteiger partial charge is 0.326 e. The highest BCUT2D eigenvalue weighted by Gasteiger charge is 2.35. The van der Waals surface area contributed by atoms with Crippen molar-refractivity contribution in [3.8, 4) is 0 Å². The lowest BCUT2D eigenvalue weighted by Crippen LogP contribution is -2.28. The highest BCUT2D eigenvalue weighted by Crippen LogP contribution is 2.26. The Kier molecular flexibility index (Phi) is 6.00. The van der Waals surface area contributed by atoms with Crippen LogP contribution in [0, 0.1) is 5.92 Å². The second kappa shape index (κ2) is 9.02. The van der Waals surface area contributed by atoms with Crippen molar-refractivity contribution in [3.63, 3.8) is 0 Å². The van der Waals surface area contributed by atoms with Gasteiger partial charge in [0.15, 0.2) is 0 Å². The van der Waals surface area contributed by atoms with Crippen molar-refractivity contribution in [1.29, 1.82) is 0 Å². The second-order valence-electron chi connectivity index (χ2n) is 7.27. The Hall–Kier alpha value is -3.64. The molecule has 1 saturated heterocycles. The molecule has 1 fully saturated rings. The molecule has 1 aliphatic heterocycles. The Morgan fingerprint density at radius 2 is 1.61 bits per heavy atom. The van der Waals surface area contributed by atoms with Gasteiger partial charge in [-0.1, -0.05) is 35.9 Å². The summed E-state index contributed by atoms with van der Waals surface area (Å²) in [4.78, 5) is 39.0. The zero-order chi connectivity index (χ0) is 21.8. The van der Waals surface area contributed by atoms with Gasteiger partial charge in [-0.15, -0.1) is 0 Å². The van der Waals surface area contributed by atoms with Gasteiger partial charge in [0.1, 0.15) is 0 Å². The predicted molar refractivity (Wildman–Crippen MR) is 121 cm³/mol. The molecular formula is C24H20ClN3O3. The van der Waals surface area contributed by atoms with E-state index in [1.54, 1.807) is 53.4 Å². The lowest BCUT2D eigenvalue weighted by Gasteiger charge is -2.16. The lowest BCUT2D eigenvalue weighted by atomic mass is 10.1. The van der Waals surface area contributed by atoms with Crippen molar-refractivity contribution in [2.45, 2.75) is 6.42 Å². The molecule has 0 spiro atoms. The van der Waals surface area contributed by atoms with Gasteiger partial charge in [-0.2, -0.15) is 0 Å². The molecular weight excluding hydrogens is 414 g/mol. The maximum atomic E-state index is 12.6. The average Bonchev–Trinajstić information content (AvgIpc) is 3.17. The Labute approximate surface area is 184 Å². The summed E-state index contributed by atoms with van der Waals surface area (Å²) >= 11 is 5.93. The molecule has 1 heterocycles. The van der Waals surface area contributed by atoms with Gasteiger partial charge in [-0.25, -0.2) is 0 Å². The molecule has 7 heteroatoms. The van der Waals surface area contributed by atoms with E-state index in [1.165, 1.54) is 0 Å². The van der Waals surface area contributed by atoms with Gasteiger partial charge < -0.3 is 15.5 Å². The van der Waals surface area contributed by atoms with Crippen LogP contribution in [0.15, 0.2) is 78.9 Å². The number of rotatable bonds is 5. The minimum absolute atomic E-state index is 0.0700. The molecule has 0 aromatic heterocycles. The van der Waals surface area contributed by atoms with Gasteiger partial charge in [0, 0.05) is 40.6 Å². The van der Waals surface area contributed by atoms with Crippen LogP contribution >= 0.6 is 11.6 Å². The molecule has 1 aliphatic rings. The van der Waals surface area contributed by atoms with Gasteiger partial charge >= 0.3 is 0 Å². The number of nitrogens with one attached hydrogen (secondary N) is 2. The van der Waals surface area contributed by atoms with E-state index in [4.69, 9.17) is 11.6 Å². The van der Waals surface area contributed by atoms with Crippen LogP contribution in [0.3, 0.4) is 0 Å². The van der Waals surface area contributed by atoms with Crippen molar-refractivity contribution in [1.82, 2.24) is 0 Å². The lowest BCUT2D eigenvalue weighted by molar-refractivity contribution is -0.122. The van der Waals surface area contributed by atoms with E-state index in [1.807, 2.05) is 30.3 Å². The van der Waals surface area contributed by atoms with Crippen LogP contribution in [0.4, 0.5) is 17.1 Å². The molecule has 0 radical (unpaired) electrons. The van der Waals surface area contributed by atoms with Crippen LogP contribution in [-0.4, -0.2) is 24.3 Å². The van der Waals surface area contributed by atoms with Crippen molar-refractivity contribution in [2.24, 2.45) is 5.92 Å². The highest BCUT2D eigenvalue weighted by molar-refractivity contribution is 6.31. The van der Waals surface area contributed by atoms with Crippen LogP contribution in [0.2, 0.25) is 5.02 Å². The average molecular weight is 434 g/mol. The number of hydrogen-bond donors (Lipinski definition) is 2. The van der Waals surface area contributed by atoms with Gasteiger partial charge in [0.2, 0.25) is 11.8 Å². The highest BCUT2D eigenvalue weighted by atomic mass is 35.5. The molecule has 0 bridgehead atoms. The quantitative estimate of drug-likeness (QED) is 0.618. The first-order valence-corrected chi connectivity index (χ1v) is 10.2. The summed E-state index contributed by atoms with van der Waals surface area (Å²) in [5.74, 6) is -0.999. The number of para-hydroxylation sites is 1. The van der Waals surface area contributed by atoms with Gasteiger partial charge in [0.05, 0.1) is 5.92 Å². The van der Waals surface area contributed by atoms with E-state index < -0.39 is 5.92 Å². The molecule has 31 heavy (non-hydrogen) atoms. The van der Waals surface area contributed by atoms with Crippen molar-refractivity contribution in [3.05, 3.63) is 89.4 Å². The molecule has 4 rings (SSSR count). The fraction of sp³-hybridized carbons (Fsp3) is 0.125. The summed E-state index contributed by atoms with van der Waals surface area (Å²) in [6.45, 7) is 0.342. The summed E-state index contributed by atoms with van der Waals surface area (Å²) in [5, 5.41) is 6.14. The molecule has 2 N–H and O–H groups in total. The fourth-order valence-corrected chi connectivity index (χ4v) is 3.65. The number of benzene rings is 3. The van der Waals surface area contributed by atoms with Crippen LogP contribution in [0.25, 0.3) is 0 Å². The van der Waals surface area contributed by atoms with Gasteiger partial charge in [-0.05, 0) is 54.6 Å². The Morgan fingerprint density at radius 3 is 2.32 bits per heavy atom. The maximum absolute atomic E-state index is 12.6. The maximum Gasteiger partial charge on any atom is 0.255 e. The van der Waals surface area contributed by atoms with Crippen LogP contribution in [0.5, 0.6) is 0 Å². The standard InChI is InChI=1S/C24H20ClN3O3/c25-18-5-4-6-20(14-18)27-23(30)16-9-11-19(12-10-16)26-24(31)17-13-22(29)28(15-17)21-7-2-1-3-8-21/h1-12,14,17H,13,15H2,(H,26,31)(H,27,30). The first-order chi connectivity index (χ1) is 15.0. The number of nitrogens with zero attached hydrogens (tertiary/aromatic N) is 1. The second-order valence-corrected chi connectivity index (χ2v) is 7.71. The molecule has 3 aromatic rings. The fourth-order valence-electron chi connectivity index (χ4n) is 3.46. The van der Waals surface area contributed by atoms with Crippen molar-refractivity contribution < 1.29 is 14.4 Å². The van der Waals surface area contributed by atoms with Crippen LogP contribution in [0.1, 0.15) is 16.8 Å². The molecule has 0 aliphatic carbocycles. The molecule has 1 unspecified atom stereocenters. The van der Waals surface area contributed by atoms with Gasteiger partial charge in [-0.3, -0.25) is 14.4 Å². The minimum Gasteiger partial charge on any atom is -0.326 e. The third-order valence-corrected chi connectivity index (χ3v) is 5.30. The van der Waals surface area contributed by atoms with Crippen LogP contribution < -0.4 is 15.5 Å². The number of halogens is 1. The number of carbonyl (C=O) groups excluding carboxylic acids is 3. The number of carbonyl (C=O) groups is 3. The Balaban J connectivity index is 1.36. The monoisotopic (exact) mass is 433 g/mol. The summed E-state index contributed by atoms with van der Waals surface area (Å²) in [5.41, 5.74) is 2.40. The topological polar surface area (TPSA) is 78.5 Å². The van der Waals surface area contributed by atoms with E-state index >= 15 is 0 Å². The summed E-state index contributed by atoms with van der Waals surface area (Å²) in [7, 11) is 0. The number of anilines is 3. The zero-order valence-corrected chi connectivity index (χ0v) is 17.3. The molecule has 6 nitrogen and oxygen atoms in total. The summed E-state index contributed by atoms with van der Waals surface area (Å²) in [6.07, 6.45) is 0.168. The normalized spacial score (nSPS) is 15.6. The predicted octanol–water partition coefficient (Wildman–Crippen LogP) is 4.58. The third kappa shape index (κ3) is 4.92. The van der Waals surface area contributed by atoms with Crippen molar-refractivity contribution in [2.75, 3.05) is 22.1 Å². The molecule has 3 aromatic carbocycles. The van der Waals surface area contributed by atoms with E-state index in [-0.39, 0.29) is 24.1 Å². The first kappa shape index (κ1) is 20.6. The number of hydrogen-bond acceptors (Lipinski definition) is 3. The third-order valence-electron chi connectivity index (χ3n) is 5.06. The Bertz CT molecular complexity index is 1120. The number of amides is 3. The smallest absolute Gasteiger partial charge is 0.255 e. The molecule has 1 atom stereocenters. The van der Waals surface area contributed by atoms with E-state index in [2.05, 4.69) is 10.6 Å². The summed E-state index contributed by atoms with van der Waals surface area (Å²) in [6, 6.07) is 22.8. The van der Waals surface area contributed by atoms with E-state index in [0.717, 1.165) is 5.69 Å². The van der Waals surface area contributed by atoms with E-state index in [9.17, 15) is 14.4 Å². The van der Waals surface area contributed by atoms with Gasteiger partial charge in [0.25, 0.3) is 5.91 Å². The van der Waals surface area contributed by atoms with E-state index in [0.29, 0.717) is 28.5 Å². The first-order valence-electron chi connectivity index (χ1n) is 9.83. The van der Waals surface area contributed by atoms with Crippen molar-refractivity contribution >= 4 is 46.4 Å². The van der Waals surface area contributed by atoms with Crippen LogP contribution in [-0.2, 0) is 9.59 Å². The SMILES string of the molecule is O=C(Nc1cccc(Cl)c1)c1ccc(NC(=O)C2CC(=O)N(c3ccccc3)C2)cc1. The molecule has 3 amide bonds. The summed E-state index contributed by atoms with van der Waals surface area (Å²) < 4.78 is 0. The molecule has 0 saturated carbocycles. The zero-order valence-electron chi connectivity index (χ0n) is 16.5.